The third kappa shape index (κ3) is 5.32. The van der Waals surface area contributed by atoms with Gasteiger partial charge in [0.15, 0.2) is 0 Å². The maximum Gasteiger partial charge on any atom is 0.410 e. The Morgan fingerprint density at radius 3 is 2.45 bits per heavy atom. The molecule has 6 heteroatoms. The highest BCUT2D eigenvalue weighted by molar-refractivity contribution is 7.91. The molecule has 1 aliphatic heterocycles. The molecule has 0 bridgehead atoms. The Morgan fingerprint density at radius 2 is 1.95 bits per heavy atom. The summed E-state index contributed by atoms with van der Waals surface area (Å²) in [6.07, 6.45) is 3.06. The van der Waals surface area contributed by atoms with Gasteiger partial charge in [0.25, 0.3) is 0 Å². The predicted molar refractivity (Wildman–Crippen MR) is 82.3 cm³/mol. The van der Waals surface area contributed by atoms with E-state index in [1.54, 1.807) is 11.1 Å². The van der Waals surface area contributed by atoms with Crippen molar-refractivity contribution in [1.29, 1.82) is 0 Å². The summed E-state index contributed by atoms with van der Waals surface area (Å²) in [5.41, 5.74) is -0.504. The van der Waals surface area contributed by atoms with E-state index in [4.69, 9.17) is 4.74 Å². The molecular formula is C14H26N2O3S. The first-order valence-corrected chi connectivity index (χ1v) is 8.07. The zero-order valence-electron chi connectivity index (χ0n) is 13.3. The van der Waals surface area contributed by atoms with Crippen molar-refractivity contribution in [3.63, 3.8) is 0 Å². The van der Waals surface area contributed by atoms with Gasteiger partial charge in [-0.25, -0.2) is 4.79 Å². The van der Waals surface area contributed by atoms with Gasteiger partial charge in [-0.05, 0) is 54.4 Å². The average Bonchev–Trinajstić information content (AvgIpc) is 2.70. The number of amides is 1. The number of rotatable bonds is 2. The van der Waals surface area contributed by atoms with E-state index in [2.05, 4.69) is 4.40 Å². The van der Waals surface area contributed by atoms with E-state index in [9.17, 15) is 9.35 Å². The number of hydrogen-bond donors (Lipinski definition) is 0. The number of likely N-dealkylation sites (tertiary alicyclic amines) is 1. The lowest BCUT2D eigenvalue weighted by atomic mass is 10.2. The second kappa shape index (κ2) is 6.35. The van der Waals surface area contributed by atoms with Gasteiger partial charge in [0.1, 0.15) is 21.7 Å². The van der Waals surface area contributed by atoms with E-state index in [0.29, 0.717) is 6.54 Å². The van der Waals surface area contributed by atoms with Crippen molar-refractivity contribution in [2.24, 2.45) is 4.40 Å². The van der Waals surface area contributed by atoms with Crippen molar-refractivity contribution in [2.45, 2.75) is 70.8 Å². The van der Waals surface area contributed by atoms with Gasteiger partial charge in [-0.1, -0.05) is 4.40 Å². The summed E-state index contributed by atoms with van der Waals surface area (Å²) in [7, 11) is 0. The molecule has 0 aromatic carbocycles. The summed E-state index contributed by atoms with van der Waals surface area (Å²) in [6.45, 7) is 11.8. The van der Waals surface area contributed by atoms with Crippen LogP contribution >= 0.6 is 0 Å². The molecule has 0 spiro atoms. The topological polar surface area (TPSA) is 65.0 Å². The van der Waals surface area contributed by atoms with Gasteiger partial charge in [-0.3, -0.25) is 0 Å². The van der Waals surface area contributed by atoms with Crippen molar-refractivity contribution in [1.82, 2.24) is 4.90 Å². The molecular weight excluding hydrogens is 276 g/mol. The summed E-state index contributed by atoms with van der Waals surface area (Å²) >= 11 is -1.29. The number of hydrogen-bond acceptors (Lipinski definition) is 4. The highest BCUT2D eigenvalue weighted by Gasteiger charge is 2.33. The quantitative estimate of drug-likeness (QED) is 0.582. The molecule has 0 saturated carbocycles. The highest BCUT2D eigenvalue weighted by Crippen LogP contribution is 2.21. The Morgan fingerprint density at radius 1 is 1.35 bits per heavy atom. The van der Waals surface area contributed by atoms with Crippen LogP contribution < -0.4 is 0 Å². The van der Waals surface area contributed by atoms with Crippen LogP contribution in [0, 0.1) is 0 Å². The Kier molecular flexibility index (Phi) is 5.49. The normalized spacial score (nSPS) is 22.4. The zero-order valence-corrected chi connectivity index (χ0v) is 14.1. The lowest BCUT2D eigenvalue weighted by molar-refractivity contribution is 0.0268. The zero-order chi connectivity index (χ0) is 15.6. The van der Waals surface area contributed by atoms with Gasteiger partial charge < -0.3 is 14.2 Å². The molecule has 5 nitrogen and oxygen atoms in total. The second-order valence-electron chi connectivity index (χ2n) is 7.00. The largest absolute Gasteiger partial charge is 0.591 e. The average molecular weight is 302 g/mol. The Hall–Kier alpha value is -0.750. The minimum Gasteiger partial charge on any atom is -0.591 e. The van der Waals surface area contributed by atoms with E-state index in [-0.39, 0.29) is 16.9 Å². The molecule has 1 fully saturated rings. The van der Waals surface area contributed by atoms with E-state index < -0.39 is 17.0 Å². The van der Waals surface area contributed by atoms with Crippen LogP contribution in [0.1, 0.15) is 54.4 Å². The molecule has 20 heavy (non-hydrogen) atoms. The summed E-state index contributed by atoms with van der Waals surface area (Å²) in [4.78, 5) is 13.7. The van der Waals surface area contributed by atoms with Crippen molar-refractivity contribution in [3.8, 4) is 0 Å². The third-order valence-corrected chi connectivity index (χ3v) is 4.14. The van der Waals surface area contributed by atoms with Crippen LogP contribution in [0.25, 0.3) is 0 Å². The van der Waals surface area contributed by atoms with Crippen molar-refractivity contribution in [3.05, 3.63) is 0 Å². The Balaban J connectivity index is 2.66. The number of carbonyl (C=O) groups excluding carboxylic acids is 1. The van der Waals surface area contributed by atoms with Gasteiger partial charge in [-0.2, -0.15) is 0 Å². The molecule has 2 atom stereocenters. The second-order valence-corrected chi connectivity index (χ2v) is 8.93. The highest BCUT2D eigenvalue weighted by atomic mass is 32.2. The summed E-state index contributed by atoms with van der Waals surface area (Å²) in [5, 5.41) is 0. The van der Waals surface area contributed by atoms with Gasteiger partial charge in [0.2, 0.25) is 0 Å². The molecule has 0 aliphatic carbocycles. The SMILES string of the molecule is CC(C)(C)OC(=O)N1CCCC1C=N[S@+]([O-])C(C)(C)C. The molecule has 0 N–H and O–H groups in total. The molecule has 1 saturated heterocycles. The van der Waals surface area contributed by atoms with Crippen molar-refractivity contribution < 1.29 is 14.1 Å². The van der Waals surface area contributed by atoms with Crippen LogP contribution in [0.2, 0.25) is 0 Å². The number of nitrogens with zero attached hydrogens (tertiary/aromatic N) is 2. The molecule has 1 rings (SSSR count). The van der Waals surface area contributed by atoms with Crippen molar-refractivity contribution in [2.75, 3.05) is 6.54 Å². The first-order chi connectivity index (χ1) is 9.00. The van der Waals surface area contributed by atoms with Crippen LogP contribution in [-0.2, 0) is 16.1 Å². The van der Waals surface area contributed by atoms with Gasteiger partial charge >= 0.3 is 6.09 Å². The maximum absolute atomic E-state index is 12.1. The van der Waals surface area contributed by atoms with Crippen LogP contribution in [0.4, 0.5) is 4.79 Å². The van der Waals surface area contributed by atoms with Crippen LogP contribution in [0.15, 0.2) is 4.40 Å². The third-order valence-electron chi connectivity index (χ3n) is 2.78. The van der Waals surface area contributed by atoms with E-state index in [1.807, 2.05) is 41.5 Å². The number of ether oxygens (including phenoxy) is 1. The molecule has 1 heterocycles. The molecule has 1 amide bonds. The Bertz CT molecular complexity index is 372. The summed E-state index contributed by atoms with van der Waals surface area (Å²) in [6, 6.07) is -0.115. The lowest BCUT2D eigenvalue weighted by Crippen LogP contribution is -2.40. The molecule has 116 valence electrons. The smallest absolute Gasteiger partial charge is 0.410 e. The summed E-state index contributed by atoms with van der Waals surface area (Å²) < 4.78 is 21.0. The first-order valence-electron chi connectivity index (χ1n) is 6.96. The Labute approximate surface area is 125 Å². The summed E-state index contributed by atoms with van der Waals surface area (Å²) in [5.74, 6) is 0. The van der Waals surface area contributed by atoms with Crippen LogP contribution in [0.5, 0.6) is 0 Å². The fraction of sp³-hybridized carbons (Fsp3) is 0.857. The molecule has 0 radical (unpaired) electrons. The standard InChI is InChI=1S/C14H26N2O3S/c1-13(2,3)19-12(17)16-9-7-8-11(16)10-15-20(18)14(4,5)6/h10-11H,7-9H2,1-6H3/t11?,20-/m1/s1. The lowest BCUT2D eigenvalue weighted by Gasteiger charge is -2.27. The van der Waals surface area contributed by atoms with Gasteiger partial charge in [0.05, 0.1) is 12.3 Å². The molecule has 0 aromatic heterocycles. The molecule has 1 unspecified atom stereocenters. The van der Waals surface area contributed by atoms with Gasteiger partial charge in [-0.15, -0.1) is 0 Å². The van der Waals surface area contributed by atoms with Crippen LogP contribution in [0.3, 0.4) is 0 Å². The van der Waals surface area contributed by atoms with E-state index in [0.717, 1.165) is 12.8 Å². The van der Waals surface area contributed by atoms with E-state index >= 15 is 0 Å². The monoisotopic (exact) mass is 302 g/mol. The van der Waals surface area contributed by atoms with E-state index in [1.165, 1.54) is 0 Å². The fourth-order valence-corrected chi connectivity index (χ4v) is 2.35. The van der Waals surface area contributed by atoms with Gasteiger partial charge in [0, 0.05) is 6.54 Å². The predicted octanol–water partition coefficient (Wildman–Crippen LogP) is 2.92. The minimum atomic E-state index is -1.29. The molecule has 1 aliphatic rings. The van der Waals surface area contributed by atoms with Crippen molar-refractivity contribution >= 4 is 23.7 Å². The maximum atomic E-state index is 12.1. The first kappa shape index (κ1) is 17.3. The molecule has 0 aromatic rings. The van der Waals surface area contributed by atoms with Crippen LogP contribution in [-0.4, -0.2) is 44.7 Å². The number of carbonyl (C=O) groups is 1. The minimum absolute atomic E-state index is 0.115. The fourth-order valence-electron chi connectivity index (χ4n) is 1.78.